The van der Waals surface area contributed by atoms with Gasteiger partial charge in [0.1, 0.15) is 0 Å². The Morgan fingerprint density at radius 1 is 0.621 bits per heavy atom. The van der Waals surface area contributed by atoms with Gasteiger partial charge in [-0.3, -0.25) is 0 Å². The van der Waals surface area contributed by atoms with E-state index in [1.807, 2.05) is 0 Å². The summed E-state index contributed by atoms with van der Waals surface area (Å²) in [5.41, 5.74) is 0.262. The van der Waals surface area contributed by atoms with Crippen molar-refractivity contribution >= 4 is 5.97 Å². The smallest absolute Gasteiger partial charge is 0.336 e. The highest BCUT2D eigenvalue weighted by Gasteiger charge is 2.04. The van der Waals surface area contributed by atoms with Gasteiger partial charge in [-0.05, 0) is 13.3 Å². The van der Waals surface area contributed by atoms with Crippen LogP contribution in [-0.4, -0.2) is 17.7 Å². The predicted octanol–water partition coefficient (Wildman–Crippen LogP) is 8.81. The van der Waals surface area contributed by atoms with Gasteiger partial charge in [0.15, 0.2) is 0 Å². The molecule has 0 spiro atoms. The minimum absolute atomic E-state index is 0.262. The molecule has 29 heavy (non-hydrogen) atoms. The number of esters is 1. The molecule has 0 aromatic rings. The van der Waals surface area contributed by atoms with Gasteiger partial charge in [0, 0.05) is 0 Å². The summed E-state index contributed by atoms with van der Waals surface area (Å²) < 4.78 is 5.06. The second-order valence-corrected chi connectivity index (χ2v) is 8.67. The number of aliphatic hydroxyl groups is 1. The molecular formula is C26H50O3. The third kappa shape index (κ3) is 21.5. The Hall–Kier alpha value is -0.990. The molecule has 0 saturated carbocycles. The lowest BCUT2D eigenvalue weighted by molar-refractivity contribution is -0.139. The Kier molecular flexibility index (Phi) is 22.5. The molecule has 0 heterocycles. The number of rotatable bonds is 22. The van der Waals surface area contributed by atoms with E-state index < -0.39 is 5.97 Å². The molecule has 3 heteroatoms. The number of aliphatic hydroxyl groups excluding tert-OH is 1. The van der Waals surface area contributed by atoms with Gasteiger partial charge in [-0.1, -0.05) is 129 Å². The van der Waals surface area contributed by atoms with Crippen LogP contribution in [0.5, 0.6) is 0 Å². The van der Waals surface area contributed by atoms with Crippen LogP contribution in [0.3, 0.4) is 0 Å². The Morgan fingerprint density at radius 3 is 1.24 bits per heavy atom. The first-order chi connectivity index (χ1) is 14.2. The van der Waals surface area contributed by atoms with Crippen molar-refractivity contribution in [3.8, 4) is 0 Å². The van der Waals surface area contributed by atoms with E-state index in [0.717, 1.165) is 19.1 Å². The first-order valence-electron chi connectivity index (χ1n) is 12.7. The largest absolute Gasteiger partial charge is 0.515 e. The van der Waals surface area contributed by atoms with Gasteiger partial charge in [-0.25, -0.2) is 4.79 Å². The third-order valence-corrected chi connectivity index (χ3v) is 5.75. The lowest BCUT2D eigenvalue weighted by Crippen LogP contribution is -2.07. The van der Waals surface area contributed by atoms with Crippen LogP contribution in [0.15, 0.2) is 11.8 Å². The summed E-state index contributed by atoms with van der Waals surface area (Å²) in [6, 6.07) is 0. The van der Waals surface area contributed by atoms with Gasteiger partial charge in [0.2, 0.25) is 0 Å². The van der Waals surface area contributed by atoms with Gasteiger partial charge in [-0.15, -0.1) is 0 Å². The number of carbonyl (C=O) groups is 1. The maximum absolute atomic E-state index is 11.3. The van der Waals surface area contributed by atoms with Crippen LogP contribution >= 0.6 is 0 Å². The van der Waals surface area contributed by atoms with Gasteiger partial charge in [0.25, 0.3) is 0 Å². The number of hydrogen-bond donors (Lipinski definition) is 1. The first-order valence-corrected chi connectivity index (χ1v) is 12.7. The Balaban J connectivity index is 3.09. The van der Waals surface area contributed by atoms with Crippen molar-refractivity contribution in [1.29, 1.82) is 0 Å². The van der Waals surface area contributed by atoms with Crippen molar-refractivity contribution in [3.05, 3.63) is 11.8 Å². The summed E-state index contributed by atoms with van der Waals surface area (Å²) >= 11 is 0. The first kappa shape index (κ1) is 28.0. The van der Waals surface area contributed by atoms with Gasteiger partial charge in [-0.2, -0.15) is 0 Å². The fraction of sp³-hybridized carbons (Fsp3) is 0.885. The lowest BCUT2D eigenvalue weighted by Gasteiger charge is -2.05. The van der Waals surface area contributed by atoms with Crippen molar-refractivity contribution in [2.24, 2.45) is 0 Å². The van der Waals surface area contributed by atoms with E-state index in [-0.39, 0.29) is 5.57 Å². The summed E-state index contributed by atoms with van der Waals surface area (Å²) in [5, 5.41) is 8.71. The molecule has 1 N–H and O–H groups in total. The maximum Gasteiger partial charge on any atom is 0.336 e. The number of unbranched alkanes of at least 4 members (excludes halogenated alkanes) is 19. The SMILES string of the molecule is CCCCCCCCCCCCCCCCCCCCCCOC(=O)C(C)=CO. The molecule has 0 aliphatic carbocycles. The average molecular weight is 411 g/mol. The predicted molar refractivity (Wildman–Crippen MR) is 125 cm³/mol. The molecule has 0 aliphatic rings. The van der Waals surface area contributed by atoms with Crippen LogP contribution < -0.4 is 0 Å². The Bertz CT molecular complexity index is 376. The number of hydrogen-bond acceptors (Lipinski definition) is 3. The van der Waals surface area contributed by atoms with E-state index in [4.69, 9.17) is 9.84 Å². The second kappa shape index (κ2) is 23.3. The molecule has 0 aromatic heterocycles. The summed E-state index contributed by atoms with van der Waals surface area (Å²) in [5.74, 6) is -0.412. The average Bonchev–Trinajstić information content (AvgIpc) is 2.74. The normalized spacial score (nSPS) is 11.7. The van der Waals surface area contributed by atoms with Crippen LogP contribution in [0.2, 0.25) is 0 Å². The van der Waals surface area contributed by atoms with E-state index in [0.29, 0.717) is 6.61 Å². The van der Waals surface area contributed by atoms with E-state index in [9.17, 15) is 4.79 Å². The van der Waals surface area contributed by atoms with Gasteiger partial charge in [0.05, 0.1) is 18.4 Å². The molecule has 0 bridgehead atoms. The second-order valence-electron chi connectivity index (χ2n) is 8.67. The zero-order valence-corrected chi connectivity index (χ0v) is 19.7. The zero-order chi connectivity index (χ0) is 21.4. The molecular weight excluding hydrogens is 360 g/mol. The Labute approximate surface area is 181 Å². The third-order valence-electron chi connectivity index (χ3n) is 5.75. The van der Waals surface area contributed by atoms with Gasteiger partial charge < -0.3 is 9.84 Å². The monoisotopic (exact) mass is 410 g/mol. The summed E-state index contributed by atoms with van der Waals surface area (Å²) in [6.07, 6.45) is 28.1. The van der Waals surface area contributed by atoms with Crippen molar-refractivity contribution in [2.75, 3.05) is 6.61 Å². The van der Waals surface area contributed by atoms with E-state index >= 15 is 0 Å². The van der Waals surface area contributed by atoms with Crippen molar-refractivity contribution < 1.29 is 14.6 Å². The molecule has 0 aliphatic heterocycles. The van der Waals surface area contributed by atoms with Crippen LogP contribution in [0, 0.1) is 0 Å². The number of carbonyl (C=O) groups excluding carboxylic acids is 1. The van der Waals surface area contributed by atoms with Crippen LogP contribution in [0.1, 0.15) is 142 Å². The molecule has 0 unspecified atom stereocenters. The summed E-state index contributed by atoms with van der Waals surface area (Å²) in [6.45, 7) is 4.30. The molecule has 0 radical (unpaired) electrons. The molecule has 0 aromatic carbocycles. The molecule has 0 amide bonds. The minimum atomic E-state index is -0.412. The van der Waals surface area contributed by atoms with Crippen molar-refractivity contribution in [2.45, 2.75) is 142 Å². The topological polar surface area (TPSA) is 46.5 Å². The fourth-order valence-electron chi connectivity index (χ4n) is 3.69. The van der Waals surface area contributed by atoms with Gasteiger partial charge >= 0.3 is 5.97 Å². The van der Waals surface area contributed by atoms with Crippen molar-refractivity contribution in [1.82, 2.24) is 0 Å². The molecule has 3 nitrogen and oxygen atoms in total. The highest BCUT2D eigenvalue weighted by molar-refractivity contribution is 5.87. The quantitative estimate of drug-likeness (QED) is 0.0839. The molecule has 0 saturated heterocycles. The maximum atomic E-state index is 11.3. The highest BCUT2D eigenvalue weighted by atomic mass is 16.5. The summed E-state index contributed by atoms with van der Waals surface area (Å²) in [7, 11) is 0. The molecule has 0 fully saturated rings. The van der Waals surface area contributed by atoms with Crippen molar-refractivity contribution in [3.63, 3.8) is 0 Å². The molecule has 0 atom stereocenters. The molecule has 172 valence electrons. The lowest BCUT2D eigenvalue weighted by atomic mass is 10.0. The minimum Gasteiger partial charge on any atom is -0.515 e. The highest BCUT2D eigenvalue weighted by Crippen LogP contribution is 2.14. The standard InChI is InChI=1S/C26H50O3/c1-3-4-5-6-7-8-9-10-11-12-13-14-15-16-17-18-19-20-21-22-23-29-26(28)25(2)24-27/h24,27H,3-23H2,1-2H3. The van der Waals surface area contributed by atoms with Crippen LogP contribution in [0.25, 0.3) is 0 Å². The van der Waals surface area contributed by atoms with E-state index in [1.165, 1.54) is 116 Å². The van der Waals surface area contributed by atoms with E-state index in [1.54, 1.807) is 6.92 Å². The Morgan fingerprint density at radius 2 is 0.931 bits per heavy atom. The molecule has 0 rings (SSSR count). The number of ether oxygens (including phenoxy) is 1. The zero-order valence-electron chi connectivity index (χ0n) is 19.7. The van der Waals surface area contributed by atoms with E-state index in [2.05, 4.69) is 6.92 Å². The van der Waals surface area contributed by atoms with Crippen LogP contribution in [-0.2, 0) is 9.53 Å². The summed E-state index contributed by atoms with van der Waals surface area (Å²) in [4.78, 5) is 11.3. The fourth-order valence-corrected chi connectivity index (χ4v) is 3.69. The van der Waals surface area contributed by atoms with Crippen LogP contribution in [0.4, 0.5) is 0 Å².